The monoisotopic (exact) mass is 470 g/mol. The van der Waals surface area contributed by atoms with Crippen LogP contribution in [0.2, 0.25) is 0 Å². The van der Waals surface area contributed by atoms with Crippen LogP contribution in [0.4, 0.5) is 8.78 Å². The highest BCUT2D eigenvalue weighted by Crippen LogP contribution is 2.41. The third-order valence-electron chi connectivity index (χ3n) is 4.88. The summed E-state index contributed by atoms with van der Waals surface area (Å²) in [4.78, 5) is 0.461. The van der Waals surface area contributed by atoms with Gasteiger partial charge in [-0.05, 0) is 43.5 Å². The topological polar surface area (TPSA) is 72.1 Å². The highest BCUT2D eigenvalue weighted by molar-refractivity contribution is 7.99. The van der Waals surface area contributed by atoms with Crippen LogP contribution in [0.3, 0.4) is 0 Å². The van der Waals surface area contributed by atoms with Crippen LogP contribution in [-0.2, 0) is 10.0 Å². The molecule has 0 atom stereocenters. The number of rotatable bonds is 5. The third-order valence-corrected chi connectivity index (χ3v) is 7.40. The van der Waals surface area contributed by atoms with Gasteiger partial charge in [0.25, 0.3) is 10.0 Å². The second-order valence-electron chi connectivity index (χ2n) is 6.94. The average Bonchev–Trinajstić information content (AvgIpc) is 3.20. The van der Waals surface area contributed by atoms with Crippen molar-refractivity contribution in [3.8, 4) is 17.6 Å². The normalized spacial score (nSPS) is 11.5. The first-order chi connectivity index (χ1) is 15.3. The van der Waals surface area contributed by atoms with E-state index in [0.29, 0.717) is 10.3 Å². The van der Waals surface area contributed by atoms with Gasteiger partial charge in [-0.15, -0.1) is 11.8 Å². The number of nitriles is 1. The van der Waals surface area contributed by atoms with Gasteiger partial charge in [0.1, 0.15) is 17.6 Å². The molecule has 1 aromatic heterocycles. The Morgan fingerprint density at radius 1 is 1.03 bits per heavy atom. The Kier molecular flexibility index (Phi) is 5.67. The second-order valence-corrected chi connectivity index (χ2v) is 9.57. The SMILES string of the molecule is CSc1c(Oc2ccc(F)c(C#N)c2)c(F)cc2c1ccn2S(=O)(=O)c1ccc(C)cc1. The molecule has 0 unspecified atom stereocenters. The molecule has 0 saturated carbocycles. The van der Waals surface area contributed by atoms with E-state index >= 15 is 4.39 Å². The molecule has 0 aliphatic carbocycles. The van der Waals surface area contributed by atoms with E-state index in [1.54, 1.807) is 30.5 Å². The smallest absolute Gasteiger partial charge is 0.268 e. The minimum absolute atomic E-state index is 0.0855. The summed E-state index contributed by atoms with van der Waals surface area (Å²) in [6.07, 6.45) is 3.08. The standard InChI is InChI=1S/C23H16F2N2O3S2/c1-14-3-6-17(7-4-14)32(28,29)27-10-9-18-21(27)12-20(25)22(23(18)31-2)30-16-5-8-19(24)15(11-16)13-26/h3-12H,1-2H3. The maximum Gasteiger partial charge on any atom is 0.268 e. The highest BCUT2D eigenvalue weighted by Gasteiger charge is 2.24. The van der Waals surface area contributed by atoms with Crippen LogP contribution in [0.5, 0.6) is 11.5 Å². The third kappa shape index (κ3) is 3.72. The maximum absolute atomic E-state index is 15.1. The Morgan fingerprint density at radius 3 is 2.41 bits per heavy atom. The lowest BCUT2D eigenvalue weighted by Crippen LogP contribution is -2.12. The van der Waals surface area contributed by atoms with Crippen molar-refractivity contribution in [3.05, 3.63) is 83.6 Å². The molecule has 0 bridgehead atoms. The fourth-order valence-electron chi connectivity index (χ4n) is 3.28. The molecule has 9 heteroatoms. The number of halogens is 2. The van der Waals surface area contributed by atoms with E-state index in [1.807, 2.05) is 6.92 Å². The van der Waals surface area contributed by atoms with Crippen LogP contribution in [-0.4, -0.2) is 18.6 Å². The minimum atomic E-state index is -3.94. The first kappa shape index (κ1) is 21.9. The molecule has 0 radical (unpaired) electrons. The van der Waals surface area contributed by atoms with Gasteiger partial charge in [0.2, 0.25) is 0 Å². The van der Waals surface area contributed by atoms with Gasteiger partial charge < -0.3 is 4.74 Å². The van der Waals surface area contributed by atoms with Gasteiger partial charge in [-0.1, -0.05) is 17.7 Å². The van der Waals surface area contributed by atoms with Crippen LogP contribution >= 0.6 is 11.8 Å². The van der Waals surface area contributed by atoms with E-state index in [-0.39, 0.29) is 27.5 Å². The van der Waals surface area contributed by atoms with Gasteiger partial charge in [0, 0.05) is 23.7 Å². The molecular formula is C23H16F2N2O3S2. The molecule has 0 saturated heterocycles. The first-order valence-electron chi connectivity index (χ1n) is 9.33. The van der Waals surface area contributed by atoms with Crippen molar-refractivity contribution in [2.75, 3.05) is 6.26 Å². The quantitative estimate of drug-likeness (QED) is 0.342. The molecule has 1 heterocycles. The summed E-state index contributed by atoms with van der Waals surface area (Å²) < 4.78 is 61.7. The van der Waals surface area contributed by atoms with Gasteiger partial charge in [0.15, 0.2) is 11.6 Å². The van der Waals surface area contributed by atoms with Gasteiger partial charge in [-0.3, -0.25) is 0 Å². The number of thioether (sulfide) groups is 1. The molecule has 3 aromatic carbocycles. The summed E-state index contributed by atoms with van der Waals surface area (Å²) in [5.41, 5.74) is 0.848. The molecule has 162 valence electrons. The minimum Gasteiger partial charge on any atom is -0.453 e. The summed E-state index contributed by atoms with van der Waals surface area (Å²) in [6.45, 7) is 1.85. The Hall–Kier alpha value is -3.35. The van der Waals surface area contributed by atoms with Gasteiger partial charge >= 0.3 is 0 Å². The lowest BCUT2D eigenvalue weighted by Gasteiger charge is -2.14. The zero-order valence-corrected chi connectivity index (χ0v) is 18.6. The molecule has 4 aromatic rings. The molecule has 32 heavy (non-hydrogen) atoms. The molecule has 5 nitrogen and oxygen atoms in total. The summed E-state index contributed by atoms with van der Waals surface area (Å²) in [5.74, 6) is -1.54. The zero-order chi connectivity index (χ0) is 23.0. The number of hydrogen-bond acceptors (Lipinski definition) is 5. The van der Waals surface area contributed by atoms with Crippen LogP contribution in [0.25, 0.3) is 10.9 Å². The molecule has 0 amide bonds. The molecular weight excluding hydrogens is 454 g/mol. The Labute approximate surface area is 187 Å². The van der Waals surface area contributed by atoms with Crippen LogP contribution in [0.15, 0.2) is 70.6 Å². The van der Waals surface area contributed by atoms with Crippen LogP contribution in [0, 0.1) is 29.9 Å². The Balaban J connectivity index is 1.85. The summed E-state index contributed by atoms with van der Waals surface area (Å²) in [7, 11) is -3.94. The van der Waals surface area contributed by atoms with Crippen molar-refractivity contribution < 1.29 is 21.9 Å². The van der Waals surface area contributed by atoms with Crippen molar-refractivity contribution in [2.24, 2.45) is 0 Å². The molecule has 0 N–H and O–H groups in total. The van der Waals surface area contributed by atoms with E-state index < -0.39 is 21.7 Å². The fraction of sp³-hybridized carbons (Fsp3) is 0.0870. The fourth-order valence-corrected chi connectivity index (χ4v) is 5.33. The number of nitrogens with zero attached hydrogens (tertiary/aromatic N) is 2. The lowest BCUT2D eigenvalue weighted by molar-refractivity contribution is 0.431. The van der Waals surface area contributed by atoms with Crippen LogP contribution < -0.4 is 4.74 Å². The highest BCUT2D eigenvalue weighted by atomic mass is 32.2. The Morgan fingerprint density at radius 2 is 1.75 bits per heavy atom. The number of hydrogen-bond donors (Lipinski definition) is 0. The van der Waals surface area contributed by atoms with E-state index in [9.17, 15) is 12.8 Å². The van der Waals surface area contributed by atoms with E-state index in [4.69, 9.17) is 10.00 Å². The predicted molar refractivity (Wildman–Crippen MR) is 119 cm³/mol. The molecule has 0 aliphatic heterocycles. The average molecular weight is 471 g/mol. The molecule has 4 rings (SSSR count). The van der Waals surface area contributed by atoms with Crippen molar-refractivity contribution >= 4 is 32.7 Å². The number of aryl methyl sites for hydroxylation is 1. The first-order valence-corrected chi connectivity index (χ1v) is 12.0. The number of benzene rings is 3. The predicted octanol–water partition coefficient (Wildman–Crippen LogP) is 5.85. The summed E-state index contributed by atoms with van der Waals surface area (Å²) >= 11 is 1.18. The molecule has 0 aliphatic rings. The maximum atomic E-state index is 15.1. The van der Waals surface area contributed by atoms with Gasteiger partial charge in [-0.25, -0.2) is 21.2 Å². The Bertz CT molecular complexity index is 1490. The zero-order valence-electron chi connectivity index (χ0n) is 17.0. The van der Waals surface area contributed by atoms with Crippen molar-refractivity contribution in [1.82, 2.24) is 3.97 Å². The number of fused-ring (bicyclic) bond motifs is 1. The van der Waals surface area contributed by atoms with E-state index in [2.05, 4.69) is 0 Å². The summed E-state index contributed by atoms with van der Waals surface area (Å²) in [5, 5.41) is 9.49. The van der Waals surface area contributed by atoms with Crippen molar-refractivity contribution in [1.29, 1.82) is 5.26 Å². The largest absolute Gasteiger partial charge is 0.453 e. The van der Waals surface area contributed by atoms with Crippen molar-refractivity contribution in [2.45, 2.75) is 16.7 Å². The van der Waals surface area contributed by atoms with Crippen LogP contribution in [0.1, 0.15) is 11.1 Å². The lowest BCUT2D eigenvalue weighted by atomic mass is 10.2. The van der Waals surface area contributed by atoms with E-state index in [0.717, 1.165) is 21.7 Å². The van der Waals surface area contributed by atoms with Gasteiger partial charge in [0.05, 0.1) is 20.9 Å². The van der Waals surface area contributed by atoms with E-state index in [1.165, 1.54) is 42.2 Å². The number of aromatic nitrogens is 1. The van der Waals surface area contributed by atoms with Crippen molar-refractivity contribution in [3.63, 3.8) is 0 Å². The molecule has 0 fully saturated rings. The van der Waals surface area contributed by atoms with Gasteiger partial charge in [-0.2, -0.15) is 5.26 Å². The molecule has 0 spiro atoms. The number of ether oxygens (including phenoxy) is 1. The summed E-state index contributed by atoms with van der Waals surface area (Å²) in [6, 6.07) is 14.3. The second kappa shape index (κ2) is 8.30.